The largest absolute Gasteiger partial charge is 0.446 e. The zero-order valence-electron chi connectivity index (χ0n) is 13.8. The second kappa shape index (κ2) is 6.07. The first kappa shape index (κ1) is 15.6. The second-order valence-corrected chi connectivity index (χ2v) is 7.01. The fourth-order valence-corrected chi connectivity index (χ4v) is 2.85. The van der Waals surface area contributed by atoms with Crippen molar-refractivity contribution in [2.45, 2.75) is 51.7 Å². The van der Waals surface area contributed by atoms with Gasteiger partial charge in [0.05, 0.1) is 11.0 Å². The van der Waals surface area contributed by atoms with Crippen LogP contribution in [0.2, 0.25) is 0 Å². The number of allylic oxidation sites excluding steroid dienone is 1. The van der Waals surface area contributed by atoms with Crippen molar-refractivity contribution in [1.82, 2.24) is 15.3 Å². The number of fused-ring (bicyclic) bond motifs is 1. The molecule has 0 saturated carbocycles. The number of nitrogens with zero attached hydrogens (tertiary/aromatic N) is 1. The number of aromatic amines is 1. The minimum absolute atomic E-state index is 0.0562. The number of nitrogens with one attached hydrogen (secondary N) is 2. The molecule has 0 aliphatic heterocycles. The number of H-pyrrole nitrogens is 1. The molecule has 5 nitrogen and oxygen atoms in total. The lowest BCUT2D eigenvalue weighted by Gasteiger charge is -2.25. The van der Waals surface area contributed by atoms with Gasteiger partial charge in [-0.1, -0.05) is 6.08 Å². The van der Waals surface area contributed by atoms with E-state index < -0.39 is 0 Å². The van der Waals surface area contributed by atoms with Crippen LogP contribution < -0.4 is 5.32 Å². The Morgan fingerprint density at radius 2 is 2.26 bits per heavy atom. The van der Waals surface area contributed by atoms with E-state index in [0.29, 0.717) is 0 Å². The molecule has 0 fully saturated rings. The first-order valence-electron chi connectivity index (χ1n) is 8.03. The third-order valence-corrected chi connectivity index (χ3v) is 3.89. The number of ether oxygens (including phenoxy) is 1. The molecule has 2 N–H and O–H groups in total. The van der Waals surface area contributed by atoms with Gasteiger partial charge in [-0.15, -0.1) is 0 Å². The number of hydrogen-bond donors (Lipinski definition) is 2. The van der Waals surface area contributed by atoms with Crippen molar-refractivity contribution in [1.29, 1.82) is 0 Å². The van der Waals surface area contributed by atoms with Crippen molar-refractivity contribution in [3.05, 3.63) is 36.2 Å². The van der Waals surface area contributed by atoms with Gasteiger partial charge < -0.3 is 15.0 Å². The summed E-state index contributed by atoms with van der Waals surface area (Å²) in [5.41, 5.74) is 4.20. The van der Waals surface area contributed by atoms with Crippen LogP contribution in [0.25, 0.3) is 16.6 Å². The molecule has 2 aromatic rings. The van der Waals surface area contributed by atoms with Crippen molar-refractivity contribution in [3.8, 4) is 0 Å². The number of rotatable bonds is 2. The predicted molar refractivity (Wildman–Crippen MR) is 91.1 cm³/mol. The minimum atomic E-state index is -0.340. The summed E-state index contributed by atoms with van der Waals surface area (Å²) in [5.74, 6) is 0. The molecule has 1 atom stereocenters. The first-order valence-corrected chi connectivity index (χ1v) is 8.03. The quantitative estimate of drug-likeness (QED) is 0.880. The van der Waals surface area contributed by atoms with Gasteiger partial charge in [0.25, 0.3) is 0 Å². The summed E-state index contributed by atoms with van der Waals surface area (Å²) in [4.78, 5) is 19.6. The van der Waals surface area contributed by atoms with Gasteiger partial charge in [0.15, 0.2) is 0 Å². The van der Waals surface area contributed by atoms with Crippen molar-refractivity contribution < 1.29 is 9.53 Å². The van der Waals surface area contributed by atoms with E-state index in [1.54, 1.807) is 0 Å². The van der Waals surface area contributed by atoms with Gasteiger partial charge in [-0.25, -0.2) is 4.79 Å². The van der Waals surface area contributed by atoms with Crippen LogP contribution in [0.4, 0.5) is 4.79 Å². The monoisotopic (exact) mass is 313 g/mol. The molecule has 0 saturated heterocycles. The van der Waals surface area contributed by atoms with Gasteiger partial charge in [0.2, 0.25) is 0 Å². The van der Waals surface area contributed by atoms with Crippen molar-refractivity contribution in [2.24, 2.45) is 0 Å². The van der Waals surface area contributed by atoms with Crippen LogP contribution in [-0.2, 0) is 4.74 Å². The highest BCUT2D eigenvalue weighted by atomic mass is 16.6. The zero-order chi connectivity index (χ0) is 16.4. The van der Waals surface area contributed by atoms with Gasteiger partial charge in [0, 0.05) is 29.9 Å². The molecule has 2 aromatic heterocycles. The van der Waals surface area contributed by atoms with Gasteiger partial charge in [-0.2, -0.15) is 0 Å². The number of carbonyl (C=O) groups excluding carboxylic acids is 1. The summed E-state index contributed by atoms with van der Waals surface area (Å²) in [5, 5.41) is 2.83. The van der Waals surface area contributed by atoms with Gasteiger partial charge in [-0.05, 0) is 51.3 Å². The van der Waals surface area contributed by atoms with E-state index in [9.17, 15) is 4.79 Å². The molecule has 1 amide bonds. The summed E-state index contributed by atoms with van der Waals surface area (Å²) in [6, 6.07) is 3.95. The van der Waals surface area contributed by atoms with E-state index in [-0.39, 0.29) is 17.7 Å². The van der Waals surface area contributed by atoms with E-state index in [0.717, 1.165) is 35.9 Å². The summed E-state index contributed by atoms with van der Waals surface area (Å²) < 4.78 is 5.50. The van der Waals surface area contributed by atoms with E-state index in [2.05, 4.69) is 21.4 Å². The first-order chi connectivity index (χ1) is 10.9. The Bertz CT molecular complexity index is 740. The highest BCUT2D eigenvalue weighted by Crippen LogP contribution is 2.31. The van der Waals surface area contributed by atoms with Crippen LogP contribution in [0.5, 0.6) is 0 Å². The van der Waals surface area contributed by atoms with Crippen molar-refractivity contribution in [2.75, 3.05) is 0 Å². The Morgan fingerprint density at radius 3 is 2.96 bits per heavy atom. The molecule has 122 valence electrons. The molecule has 1 unspecified atom stereocenters. The zero-order valence-corrected chi connectivity index (χ0v) is 13.8. The molecule has 2 heterocycles. The molecule has 0 radical (unpaired) electrons. The van der Waals surface area contributed by atoms with E-state index in [4.69, 9.17) is 4.74 Å². The molecule has 1 aliphatic carbocycles. The molecular formula is C18H23N3O2. The van der Waals surface area contributed by atoms with Crippen LogP contribution in [0, 0.1) is 0 Å². The minimum Gasteiger partial charge on any atom is -0.446 e. The van der Waals surface area contributed by atoms with Crippen LogP contribution in [-0.4, -0.2) is 27.7 Å². The van der Waals surface area contributed by atoms with E-state index in [1.807, 2.05) is 45.3 Å². The molecule has 23 heavy (non-hydrogen) atoms. The highest BCUT2D eigenvalue weighted by Gasteiger charge is 2.22. The van der Waals surface area contributed by atoms with Crippen molar-refractivity contribution >= 4 is 22.7 Å². The standard InChI is InChI=1S/C18H23N3O2/c1-18(2,3)21-17(22)23-13-8-6-12(7-9-13)14-11-20-15-5-4-10-19-16(14)15/h4-6,10-11,13,20H,7-9H2,1-3H3,(H,21,22). The van der Waals surface area contributed by atoms with Gasteiger partial charge >= 0.3 is 6.09 Å². The van der Waals surface area contributed by atoms with Crippen LogP contribution in [0.3, 0.4) is 0 Å². The van der Waals surface area contributed by atoms with Crippen molar-refractivity contribution in [3.63, 3.8) is 0 Å². The molecule has 0 spiro atoms. The van der Waals surface area contributed by atoms with Crippen LogP contribution in [0.15, 0.2) is 30.6 Å². The number of pyridine rings is 1. The van der Waals surface area contributed by atoms with Gasteiger partial charge in [0.1, 0.15) is 6.10 Å². The smallest absolute Gasteiger partial charge is 0.407 e. The summed E-state index contributed by atoms with van der Waals surface area (Å²) in [7, 11) is 0. The third kappa shape index (κ3) is 3.73. The average Bonchev–Trinajstić information content (AvgIpc) is 2.90. The lowest BCUT2D eigenvalue weighted by molar-refractivity contribution is 0.0870. The van der Waals surface area contributed by atoms with Gasteiger partial charge in [-0.3, -0.25) is 4.98 Å². The fraction of sp³-hybridized carbons (Fsp3) is 0.444. The maximum Gasteiger partial charge on any atom is 0.407 e. The number of amides is 1. The SMILES string of the molecule is CC(C)(C)NC(=O)OC1CC=C(c2c[nH]c3cccnc23)CC1. The molecule has 0 bridgehead atoms. The lowest BCUT2D eigenvalue weighted by Crippen LogP contribution is -2.42. The Kier molecular flexibility index (Phi) is 4.11. The van der Waals surface area contributed by atoms with E-state index in [1.165, 1.54) is 5.57 Å². The number of aromatic nitrogens is 2. The third-order valence-electron chi connectivity index (χ3n) is 3.89. The predicted octanol–water partition coefficient (Wildman–Crippen LogP) is 4.02. The molecule has 1 aliphatic rings. The Hall–Kier alpha value is -2.30. The molecular weight excluding hydrogens is 290 g/mol. The molecule has 5 heteroatoms. The summed E-state index contributed by atoms with van der Waals surface area (Å²) >= 11 is 0. The Morgan fingerprint density at radius 1 is 1.43 bits per heavy atom. The fourth-order valence-electron chi connectivity index (χ4n) is 2.85. The topological polar surface area (TPSA) is 67.0 Å². The summed E-state index contributed by atoms with van der Waals surface area (Å²) in [6.07, 6.45) is 8.05. The average molecular weight is 313 g/mol. The number of hydrogen-bond acceptors (Lipinski definition) is 3. The highest BCUT2D eigenvalue weighted by molar-refractivity contribution is 5.89. The second-order valence-electron chi connectivity index (χ2n) is 7.01. The maximum atomic E-state index is 11.8. The maximum absolute atomic E-state index is 11.8. The van der Waals surface area contributed by atoms with Crippen LogP contribution >= 0.6 is 0 Å². The Labute approximate surface area is 136 Å². The number of carbonyl (C=O) groups is 1. The summed E-state index contributed by atoms with van der Waals surface area (Å²) in [6.45, 7) is 5.82. The normalized spacial score (nSPS) is 18.6. The van der Waals surface area contributed by atoms with E-state index >= 15 is 0 Å². The molecule has 3 rings (SSSR count). The lowest BCUT2D eigenvalue weighted by atomic mass is 9.93. The van der Waals surface area contributed by atoms with Crippen LogP contribution in [0.1, 0.15) is 45.6 Å². The molecule has 0 aromatic carbocycles. The Balaban J connectivity index is 1.66. The number of alkyl carbamates (subject to hydrolysis) is 1.